The Labute approximate surface area is 110 Å². The molecule has 0 bridgehead atoms. The van der Waals surface area contributed by atoms with E-state index in [2.05, 4.69) is 5.32 Å². The third-order valence-electron chi connectivity index (χ3n) is 3.36. The molecular formula is C13H16ClF2NO. The molecule has 2 nitrogen and oxygen atoms in total. The topological polar surface area (TPSA) is 21.3 Å². The minimum atomic E-state index is -0.828. The molecule has 0 amide bonds. The van der Waals surface area contributed by atoms with Gasteiger partial charge in [-0.3, -0.25) is 0 Å². The van der Waals surface area contributed by atoms with Crippen molar-refractivity contribution in [1.82, 2.24) is 5.32 Å². The summed E-state index contributed by atoms with van der Waals surface area (Å²) in [6.07, 6.45) is 2.57. The molecule has 18 heavy (non-hydrogen) atoms. The fraction of sp³-hybridized carbons (Fsp3) is 0.538. The van der Waals surface area contributed by atoms with Gasteiger partial charge in [0.1, 0.15) is 0 Å². The number of nitrogens with one attached hydrogen (secondary N) is 1. The van der Waals surface area contributed by atoms with Gasteiger partial charge in [-0.25, -0.2) is 8.78 Å². The molecule has 1 aromatic rings. The highest BCUT2D eigenvalue weighted by molar-refractivity contribution is 6.31. The SMILES string of the molecule is COc1c(F)c(Cl)cc(CC2CCNCC2)c1F. The third-order valence-corrected chi connectivity index (χ3v) is 3.64. The molecule has 1 aromatic carbocycles. The predicted molar refractivity (Wildman–Crippen MR) is 67.2 cm³/mol. The summed E-state index contributed by atoms with van der Waals surface area (Å²) in [7, 11) is 1.24. The van der Waals surface area contributed by atoms with Crippen LogP contribution in [-0.4, -0.2) is 20.2 Å². The molecule has 100 valence electrons. The Morgan fingerprint density at radius 2 is 2.00 bits per heavy atom. The second-order valence-electron chi connectivity index (χ2n) is 4.58. The number of halogens is 3. The van der Waals surface area contributed by atoms with Gasteiger partial charge in [-0.2, -0.15) is 0 Å². The zero-order valence-electron chi connectivity index (χ0n) is 10.2. The lowest BCUT2D eigenvalue weighted by Crippen LogP contribution is -2.28. The van der Waals surface area contributed by atoms with Crippen molar-refractivity contribution in [2.45, 2.75) is 19.3 Å². The lowest BCUT2D eigenvalue weighted by Gasteiger charge is -2.23. The van der Waals surface area contributed by atoms with Gasteiger partial charge in [0.15, 0.2) is 17.4 Å². The van der Waals surface area contributed by atoms with Gasteiger partial charge in [0.05, 0.1) is 12.1 Å². The predicted octanol–water partition coefficient (Wildman–Crippen LogP) is 3.17. The molecule has 0 spiro atoms. The molecule has 0 unspecified atom stereocenters. The Hall–Kier alpha value is -0.870. The summed E-state index contributed by atoms with van der Waals surface area (Å²) >= 11 is 5.75. The standard InChI is InChI=1S/C13H16ClF2NO/c1-18-13-11(15)9(7-10(14)12(13)16)6-8-2-4-17-5-3-8/h7-8,17H,2-6H2,1H3. The molecule has 0 aromatic heterocycles. The molecule has 0 radical (unpaired) electrons. The highest BCUT2D eigenvalue weighted by atomic mass is 35.5. The number of benzene rings is 1. The van der Waals surface area contributed by atoms with E-state index in [4.69, 9.17) is 16.3 Å². The maximum Gasteiger partial charge on any atom is 0.192 e. The van der Waals surface area contributed by atoms with E-state index in [1.54, 1.807) is 0 Å². The zero-order chi connectivity index (χ0) is 13.1. The molecule has 1 heterocycles. The van der Waals surface area contributed by atoms with Crippen LogP contribution in [0.2, 0.25) is 5.02 Å². The van der Waals surface area contributed by atoms with Crippen LogP contribution in [0.4, 0.5) is 8.78 Å². The van der Waals surface area contributed by atoms with Crippen LogP contribution in [0.15, 0.2) is 6.07 Å². The Morgan fingerprint density at radius 1 is 1.33 bits per heavy atom. The number of piperidine rings is 1. The zero-order valence-corrected chi connectivity index (χ0v) is 11.0. The fourth-order valence-electron chi connectivity index (χ4n) is 2.35. The molecule has 2 rings (SSSR count). The van der Waals surface area contributed by atoms with Gasteiger partial charge in [-0.15, -0.1) is 0 Å². The Balaban J connectivity index is 2.24. The first kappa shape index (κ1) is 13.6. The van der Waals surface area contributed by atoms with Gasteiger partial charge in [0, 0.05) is 0 Å². The maximum atomic E-state index is 14.0. The molecule has 5 heteroatoms. The monoisotopic (exact) mass is 275 g/mol. The highest BCUT2D eigenvalue weighted by Crippen LogP contribution is 2.32. The average molecular weight is 276 g/mol. The largest absolute Gasteiger partial charge is 0.491 e. The third kappa shape index (κ3) is 2.75. The number of rotatable bonds is 3. The van der Waals surface area contributed by atoms with Gasteiger partial charge < -0.3 is 10.1 Å². The Morgan fingerprint density at radius 3 is 2.61 bits per heavy atom. The van der Waals surface area contributed by atoms with Gasteiger partial charge >= 0.3 is 0 Å². The van der Waals surface area contributed by atoms with Crippen LogP contribution in [0.5, 0.6) is 5.75 Å². The van der Waals surface area contributed by atoms with Gasteiger partial charge in [0.25, 0.3) is 0 Å². The Kier molecular flexibility index (Phi) is 4.40. The molecule has 1 aliphatic rings. The highest BCUT2D eigenvalue weighted by Gasteiger charge is 2.21. The molecule has 1 aliphatic heterocycles. The van der Waals surface area contributed by atoms with E-state index in [1.807, 2.05) is 0 Å². The second-order valence-corrected chi connectivity index (χ2v) is 4.98. The van der Waals surface area contributed by atoms with Crippen molar-refractivity contribution in [2.24, 2.45) is 5.92 Å². The number of hydrogen-bond acceptors (Lipinski definition) is 2. The van der Waals surface area contributed by atoms with Gasteiger partial charge in [-0.05, 0) is 49.9 Å². The lowest BCUT2D eigenvalue weighted by atomic mass is 9.90. The van der Waals surface area contributed by atoms with E-state index in [1.165, 1.54) is 13.2 Å². The van der Waals surface area contributed by atoms with Gasteiger partial charge in [-0.1, -0.05) is 11.6 Å². The maximum absolute atomic E-state index is 14.0. The Bertz CT molecular complexity index is 433. The first-order valence-corrected chi connectivity index (χ1v) is 6.42. The van der Waals surface area contributed by atoms with E-state index in [-0.39, 0.29) is 10.8 Å². The first-order valence-electron chi connectivity index (χ1n) is 6.04. The first-order chi connectivity index (χ1) is 8.63. The van der Waals surface area contributed by atoms with Crippen LogP contribution in [0.3, 0.4) is 0 Å². The van der Waals surface area contributed by atoms with Crippen molar-refractivity contribution in [2.75, 3.05) is 20.2 Å². The molecule has 1 saturated heterocycles. The number of methoxy groups -OCH3 is 1. The van der Waals surface area contributed by atoms with Crippen LogP contribution >= 0.6 is 11.6 Å². The van der Waals surface area contributed by atoms with Crippen LogP contribution < -0.4 is 10.1 Å². The fourth-order valence-corrected chi connectivity index (χ4v) is 2.57. The molecular weight excluding hydrogens is 260 g/mol. The van der Waals surface area contributed by atoms with Crippen LogP contribution in [0.1, 0.15) is 18.4 Å². The summed E-state index contributed by atoms with van der Waals surface area (Å²) in [5.41, 5.74) is 0.435. The van der Waals surface area contributed by atoms with Crippen molar-refractivity contribution in [3.63, 3.8) is 0 Å². The van der Waals surface area contributed by atoms with Crippen molar-refractivity contribution in [3.8, 4) is 5.75 Å². The van der Waals surface area contributed by atoms with Crippen molar-refractivity contribution >= 4 is 11.6 Å². The quantitative estimate of drug-likeness (QED) is 0.856. The van der Waals surface area contributed by atoms with E-state index >= 15 is 0 Å². The summed E-state index contributed by atoms with van der Waals surface area (Å²) in [5, 5.41) is 3.17. The van der Waals surface area contributed by atoms with Crippen LogP contribution in [-0.2, 0) is 6.42 Å². The molecule has 1 N–H and O–H groups in total. The number of ether oxygens (including phenoxy) is 1. The van der Waals surface area contributed by atoms with E-state index in [0.717, 1.165) is 25.9 Å². The summed E-state index contributed by atoms with van der Waals surface area (Å²) < 4.78 is 32.3. The molecule has 0 atom stereocenters. The molecule has 0 aliphatic carbocycles. The van der Waals surface area contributed by atoms with Crippen molar-refractivity contribution in [1.29, 1.82) is 0 Å². The lowest BCUT2D eigenvalue weighted by molar-refractivity contribution is 0.346. The van der Waals surface area contributed by atoms with E-state index in [0.29, 0.717) is 17.9 Å². The summed E-state index contributed by atoms with van der Waals surface area (Å²) in [5.74, 6) is -1.43. The average Bonchev–Trinajstić information content (AvgIpc) is 2.38. The van der Waals surface area contributed by atoms with Gasteiger partial charge in [0.2, 0.25) is 0 Å². The smallest absolute Gasteiger partial charge is 0.192 e. The van der Waals surface area contributed by atoms with Crippen molar-refractivity contribution in [3.05, 3.63) is 28.3 Å². The minimum Gasteiger partial charge on any atom is -0.491 e. The normalized spacial score (nSPS) is 16.9. The van der Waals surface area contributed by atoms with E-state index in [9.17, 15) is 8.78 Å². The second kappa shape index (κ2) is 5.85. The number of hydrogen-bond donors (Lipinski definition) is 1. The summed E-state index contributed by atoms with van der Waals surface area (Å²) in [4.78, 5) is 0. The van der Waals surface area contributed by atoms with Crippen LogP contribution in [0.25, 0.3) is 0 Å². The molecule has 1 fully saturated rings. The summed E-state index contributed by atoms with van der Waals surface area (Å²) in [6.45, 7) is 1.89. The van der Waals surface area contributed by atoms with E-state index < -0.39 is 11.6 Å². The summed E-state index contributed by atoms with van der Waals surface area (Å²) in [6, 6.07) is 1.37. The minimum absolute atomic E-state index is 0.0859. The molecule has 0 saturated carbocycles. The van der Waals surface area contributed by atoms with Crippen LogP contribution in [0, 0.1) is 17.6 Å². The van der Waals surface area contributed by atoms with Crippen molar-refractivity contribution < 1.29 is 13.5 Å².